The number of rotatable bonds is 8. The van der Waals surface area contributed by atoms with Crippen LogP contribution in [0.15, 0.2) is 30.5 Å². The van der Waals surface area contributed by atoms with Crippen molar-refractivity contribution in [2.75, 3.05) is 29.9 Å². The van der Waals surface area contributed by atoms with Crippen molar-refractivity contribution in [3.8, 4) is 5.88 Å². The Hall–Kier alpha value is -2.52. The van der Waals surface area contributed by atoms with Gasteiger partial charge in [0.1, 0.15) is 0 Å². The van der Waals surface area contributed by atoms with Crippen LogP contribution in [-0.2, 0) is 9.47 Å². The molecule has 3 atom stereocenters. The topological polar surface area (TPSA) is 68.7 Å². The first-order valence-corrected chi connectivity index (χ1v) is 12.1. The number of halogens is 2. The van der Waals surface area contributed by atoms with Gasteiger partial charge in [0, 0.05) is 24.5 Å². The first-order chi connectivity index (χ1) is 16.4. The molecule has 0 amide bonds. The lowest BCUT2D eigenvalue weighted by atomic mass is 9.88. The lowest BCUT2D eigenvalue weighted by Gasteiger charge is -2.36. The standard InChI is InChI=1S/C25H34F2N4O3/c1-16-13-31(14-17(2)33-16)21-8-6-20(7-9-21)29-25-28-12-23(27)24(30-25)32-15-19-4-10-22(11-5-19)34-18(3)26/h6-9,12,16-19,22H,4-5,10-11,13-15H2,1-3H3,(H,28,29,30)/t16-,17+,18?,19-,22-. The fraction of sp³-hybridized carbons (Fsp3) is 0.600. The third kappa shape index (κ3) is 6.76. The lowest BCUT2D eigenvalue weighted by Crippen LogP contribution is -2.45. The molecule has 1 aromatic heterocycles. The zero-order chi connectivity index (χ0) is 24.1. The molecule has 186 valence electrons. The van der Waals surface area contributed by atoms with Crippen molar-refractivity contribution in [2.24, 2.45) is 5.92 Å². The zero-order valence-electron chi connectivity index (χ0n) is 20.0. The maximum atomic E-state index is 14.2. The summed E-state index contributed by atoms with van der Waals surface area (Å²) in [4.78, 5) is 10.6. The molecule has 9 heteroatoms. The molecule has 1 saturated heterocycles. The molecule has 0 radical (unpaired) electrons. The molecule has 1 saturated carbocycles. The van der Waals surface area contributed by atoms with Gasteiger partial charge in [0.05, 0.1) is 31.1 Å². The van der Waals surface area contributed by atoms with Gasteiger partial charge in [-0.2, -0.15) is 9.37 Å². The van der Waals surface area contributed by atoms with Gasteiger partial charge in [-0.3, -0.25) is 0 Å². The van der Waals surface area contributed by atoms with Crippen LogP contribution in [0.3, 0.4) is 0 Å². The molecular weight excluding hydrogens is 442 g/mol. The molecule has 0 spiro atoms. The summed E-state index contributed by atoms with van der Waals surface area (Å²) < 4.78 is 44.0. The highest BCUT2D eigenvalue weighted by molar-refractivity contribution is 5.59. The van der Waals surface area contributed by atoms with Gasteiger partial charge in [-0.1, -0.05) is 0 Å². The summed E-state index contributed by atoms with van der Waals surface area (Å²) in [6, 6.07) is 7.98. The summed E-state index contributed by atoms with van der Waals surface area (Å²) in [7, 11) is 0. The van der Waals surface area contributed by atoms with Crippen LogP contribution in [0, 0.1) is 11.7 Å². The highest BCUT2D eigenvalue weighted by Crippen LogP contribution is 2.29. The van der Waals surface area contributed by atoms with Crippen LogP contribution in [0.2, 0.25) is 0 Å². The molecule has 1 aliphatic carbocycles. The maximum absolute atomic E-state index is 14.2. The largest absolute Gasteiger partial charge is 0.475 e. The number of aromatic nitrogens is 2. The summed E-state index contributed by atoms with van der Waals surface area (Å²) >= 11 is 0. The Balaban J connectivity index is 1.31. The van der Waals surface area contributed by atoms with E-state index in [2.05, 4.69) is 34.0 Å². The third-order valence-electron chi connectivity index (χ3n) is 6.25. The quantitative estimate of drug-likeness (QED) is 0.559. The molecule has 2 aromatic rings. The number of alkyl halides is 1. The Bertz CT molecular complexity index is 913. The number of ether oxygens (including phenoxy) is 3. The lowest BCUT2D eigenvalue weighted by molar-refractivity contribution is -0.0910. The van der Waals surface area contributed by atoms with Crippen LogP contribution in [0.4, 0.5) is 26.1 Å². The van der Waals surface area contributed by atoms with Crippen LogP contribution < -0.4 is 15.0 Å². The van der Waals surface area contributed by atoms with Gasteiger partial charge in [-0.05, 0) is 76.6 Å². The van der Waals surface area contributed by atoms with Gasteiger partial charge in [-0.15, -0.1) is 0 Å². The minimum atomic E-state index is -1.25. The van der Waals surface area contributed by atoms with Crippen molar-refractivity contribution in [2.45, 2.75) is 71.1 Å². The smallest absolute Gasteiger partial charge is 0.255 e. The zero-order valence-corrected chi connectivity index (χ0v) is 20.0. The number of morpholine rings is 1. The third-order valence-corrected chi connectivity index (χ3v) is 6.25. The molecule has 2 heterocycles. The molecule has 1 aliphatic heterocycles. The highest BCUT2D eigenvalue weighted by Gasteiger charge is 2.24. The maximum Gasteiger partial charge on any atom is 0.255 e. The van der Waals surface area contributed by atoms with E-state index >= 15 is 0 Å². The van der Waals surface area contributed by atoms with Crippen LogP contribution in [0.5, 0.6) is 5.88 Å². The Kier molecular flexibility index (Phi) is 8.15. The van der Waals surface area contributed by atoms with Gasteiger partial charge in [0.2, 0.25) is 11.8 Å². The summed E-state index contributed by atoms with van der Waals surface area (Å²) in [6.07, 6.45) is 3.45. The van der Waals surface area contributed by atoms with Crippen molar-refractivity contribution in [3.05, 3.63) is 36.3 Å². The second-order valence-electron chi connectivity index (χ2n) is 9.31. The predicted molar refractivity (Wildman–Crippen MR) is 127 cm³/mol. The van der Waals surface area contributed by atoms with E-state index in [0.29, 0.717) is 6.61 Å². The SMILES string of the molecule is CC(F)O[C@H]1CC[C@H](COc2nc(Nc3ccc(N4C[C@@H](C)O[C@@H](C)C4)cc3)ncc2F)CC1. The van der Waals surface area contributed by atoms with Gasteiger partial charge >= 0.3 is 0 Å². The van der Waals surface area contributed by atoms with E-state index in [-0.39, 0.29) is 36.1 Å². The van der Waals surface area contributed by atoms with E-state index in [0.717, 1.165) is 56.3 Å². The Morgan fingerprint density at radius 1 is 1.12 bits per heavy atom. The van der Waals surface area contributed by atoms with E-state index in [4.69, 9.17) is 14.2 Å². The molecule has 1 aromatic carbocycles. The van der Waals surface area contributed by atoms with E-state index in [1.54, 1.807) is 0 Å². The average molecular weight is 477 g/mol. The monoisotopic (exact) mass is 476 g/mol. The second-order valence-corrected chi connectivity index (χ2v) is 9.31. The molecule has 4 rings (SSSR count). The number of nitrogens with zero attached hydrogens (tertiary/aromatic N) is 3. The van der Waals surface area contributed by atoms with Gasteiger partial charge < -0.3 is 24.4 Å². The molecule has 2 aliphatic rings. The minimum Gasteiger partial charge on any atom is -0.475 e. The number of nitrogens with one attached hydrogen (secondary N) is 1. The molecular formula is C25H34F2N4O3. The number of benzene rings is 1. The minimum absolute atomic E-state index is 0.0516. The summed E-state index contributed by atoms with van der Waals surface area (Å²) in [5, 5.41) is 3.12. The van der Waals surface area contributed by atoms with Crippen molar-refractivity contribution >= 4 is 17.3 Å². The Morgan fingerprint density at radius 3 is 2.44 bits per heavy atom. The molecule has 0 bridgehead atoms. The summed E-state index contributed by atoms with van der Waals surface area (Å²) in [5.41, 5.74) is 1.92. The van der Waals surface area contributed by atoms with E-state index in [1.165, 1.54) is 6.92 Å². The van der Waals surface area contributed by atoms with Crippen LogP contribution in [0.25, 0.3) is 0 Å². The average Bonchev–Trinajstić information content (AvgIpc) is 2.80. The number of hydrogen-bond acceptors (Lipinski definition) is 7. The van der Waals surface area contributed by atoms with Gasteiger partial charge in [0.15, 0.2) is 6.36 Å². The fourth-order valence-corrected chi connectivity index (χ4v) is 4.68. The predicted octanol–water partition coefficient (Wildman–Crippen LogP) is 5.24. The van der Waals surface area contributed by atoms with Crippen molar-refractivity contribution in [1.29, 1.82) is 0 Å². The van der Waals surface area contributed by atoms with Crippen LogP contribution in [0.1, 0.15) is 46.5 Å². The fourth-order valence-electron chi connectivity index (χ4n) is 4.68. The van der Waals surface area contributed by atoms with Gasteiger partial charge in [-0.25, -0.2) is 9.37 Å². The van der Waals surface area contributed by atoms with Crippen LogP contribution in [-0.4, -0.2) is 54.3 Å². The first kappa shape index (κ1) is 24.6. The van der Waals surface area contributed by atoms with E-state index < -0.39 is 12.2 Å². The molecule has 7 nitrogen and oxygen atoms in total. The highest BCUT2D eigenvalue weighted by atomic mass is 19.1. The van der Waals surface area contributed by atoms with E-state index in [9.17, 15) is 8.78 Å². The van der Waals surface area contributed by atoms with Crippen molar-refractivity contribution in [1.82, 2.24) is 9.97 Å². The van der Waals surface area contributed by atoms with E-state index in [1.807, 2.05) is 24.3 Å². The summed E-state index contributed by atoms with van der Waals surface area (Å²) in [5.74, 6) is -0.133. The molecule has 2 fully saturated rings. The first-order valence-electron chi connectivity index (χ1n) is 12.1. The molecule has 34 heavy (non-hydrogen) atoms. The normalized spacial score (nSPS) is 26.2. The van der Waals surface area contributed by atoms with Crippen molar-refractivity contribution in [3.63, 3.8) is 0 Å². The van der Waals surface area contributed by atoms with Crippen LogP contribution >= 0.6 is 0 Å². The molecule has 1 N–H and O–H groups in total. The van der Waals surface area contributed by atoms with Crippen molar-refractivity contribution < 1.29 is 23.0 Å². The Morgan fingerprint density at radius 2 is 1.79 bits per heavy atom. The van der Waals surface area contributed by atoms with Gasteiger partial charge in [0.25, 0.3) is 5.88 Å². The molecule has 1 unspecified atom stereocenters. The summed E-state index contributed by atoms with van der Waals surface area (Å²) in [6.45, 7) is 7.62. The number of anilines is 3. The second kappa shape index (κ2) is 11.3. The number of hydrogen-bond donors (Lipinski definition) is 1. The Labute approximate surface area is 199 Å².